The molecule has 1 atom stereocenters. The largest absolute Gasteiger partial charge is 0.292 e. The van der Waals surface area contributed by atoms with E-state index in [0.717, 1.165) is 25.1 Å². The molecule has 0 bridgehead atoms. The zero-order chi connectivity index (χ0) is 16.2. The van der Waals surface area contributed by atoms with Gasteiger partial charge in [-0.15, -0.1) is 0 Å². The summed E-state index contributed by atoms with van der Waals surface area (Å²) in [6, 6.07) is 9.87. The molecule has 3 nitrogen and oxygen atoms in total. The summed E-state index contributed by atoms with van der Waals surface area (Å²) in [5.41, 5.74) is 2.47. The maximum absolute atomic E-state index is 11.5. The first-order chi connectivity index (χ1) is 10.4. The molecule has 0 saturated heterocycles. The number of rotatable bonds is 7. The third-order valence-corrected chi connectivity index (χ3v) is 5.78. The molecule has 0 aliphatic rings. The van der Waals surface area contributed by atoms with Gasteiger partial charge in [0.05, 0.1) is 4.90 Å². The summed E-state index contributed by atoms with van der Waals surface area (Å²) in [4.78, 5) is 2.81. The van der Waals surface area contributed by atoms with Crippen LogP contribution in [0.2, 0.25) is 0 Å². The van der Waals surface area contributed by atoms with Gasteiger partial charge < -0.3 is 0 Å². The molecule has 0 spiro atoms. The van der Waals surface area contributed by atoms with E-state index >= 15 is 0 Å². The molecule has 2 rings (SSSR count). The lowest BCUT2D eigenvalue weighted by Crippen LogP contribution is -2.31. The SMILES string of the molecule is CC[C@H](C)N(Cc1ccc(S(C)(=O)=O)cc1)Cc1ccsc1. The molecular weight excluding hydrogens is 314 g/mol. The first-order valence-corrected chi connectivity index (χ1v) is 10.3. The van der Waals surface area contributed by atoms with Crippen molar-refractivity contribution in [2.75, 3.05) is 6.26 Å². The Bertz CT molecular complexity index is 676. The van der Waals surface area contributed by atoms with Gasteiger partial charge in [0.15, 0.2) is 9.84 Å². The van der Waals surface area contributed by atoms with Gasteiger partial charge in [-0.2, -0.15) is 11.3 Å². The highest BCUT2D eigenvalue weighted by atomic mass is 32.2. The van der Waals surface area contributed by atoms with E-state index in [-0.39, 0.29) is 0 Å². The fraction of sp³-hybridized carbons (Fsp3) is 0.412. The van der Waals surface area contributed by atoms with Gasteiger partial charge in [0.2, 0.25) is 0 Å². The molecule has 0 aliphatic heterocycles. The Morgan fingerprint density at radius 3 is 2.23 bits per heavy atom. The number of thiophene rings is 1. The van der Waals surface area contributed by atoms with Gasteiger partial charge >= 0.3 is 0 Å². The van der Waals surface area contributed by atoms with Gasteiger partial charge in [0.1, 0.15) is 0 Å². The smallest absolute Gasteiger partial charge is 0.175 e. The van der Waals surface area contributed by atoms with E-state index in [9.17, 15) is 8.42 Å². The number of hydrogen-bond donors (Lipinski definition) is 0. The molecule has 0 radical (unpaired) electrons. The van der Waals surface area contributed by atoms with Crippen molar-refractivity contribution >= 4 is 21.2 Å². The zero-order valence-corrected chi connectivity index (χ0v) is 15.0. The second kappa shape index (κ2) is 7.40. The number of benzene rings is 1. The van der Waals surface area contributed by atoms with Crippen molar-refractivity contribution in [2.24, 2.45) is 0 Å². The van der Waals surface area contributed by atoms with Crippen molar-refractivity contribution in [3.8, 4) is 0 Å². The minimum atomic E-state index is -3.12. The maximum atomic E-state index is 11.5. The van der Waals surface area contributed by atoms with Gasteiger partial charge in [-0.05, 0) is 53.4 Å². The number of nitrogens with zero attached hydrogens (tertiary/aromatic N) is 1. The third kappa shape index (κ3) is 4.66. The van der Waals surface area contributed by atoms with Crippen LogP contribution < -0.4 is 0 Å². The van der Waals surface area contributed by atoms with Crippen molar-refractivity contribution in [3.63, 3.8) is 0 Å². The van der Waals surface area contributed by atoms with Gasteiger partial charge in [-0.1, -0.05) is 19.1 Å². The van der Waals surface area contributed by atoms with Gasteiger partial charge in [-0.3, -0.25) is 4.90 Å². The minimum Gasteiger partial charge on any atom is -0.292 e. The number of sulfone groups is 1. The first-order valence-electron chi connectivity index (χ1n) is 7.44. The van der Waals surface area contributed by atoms with Crippen LogP contribution in [0.3, 0.4) is 0 Å². The molecule has 22 heavy (non-hydrogen) atoms. The van der Waals surface area contributed by atoms with E-state index in [0.29, 0.717) is 10.9 Å². The summed E-state index contributed by atoms with van der Waals surface area (Å²) < 4.78 is 23.0. The van der Waals surface area contributed by atoms with E-state index in [2.05, 4.69) is 35.6 Å². The lowest BCUT2D eigenvalue weighted by molar-refractivity contribution is 0.186. The van der Waals surface area contributed by atoms with E-state index in [4.69, 9.17) is 0 Å². The summed E-state index contributed by atoms with van der Waals surface area (Å²) in [6.45, 7) is 6.18. The van der Waals surface area contributed by atoms with Crippen LogP contribution >= 0.6 is 11.3 Å². The Morgan fingerprint density at radius 1 is 1.09 bits per heavy atom. The molecule has 0 amide bonds. The van der Waals surface area contributed by atoms with Gasteiger partial charge in [-0.25, -0.2) is 8.42 Å². The molecule has 1 aromatic heterocycles. The normalized spacial score (nSPS) is 13.5. The second-order valence-corrected chi connectivity index (χ2v) is 8.51. The minimum absolute atomic E-state index is 0.379. The molecule has 0 saturated carbocycles. The summed E-state index contributed by atoms with van der Waals surface area (Å²) in [7, 11) is -3.12. The van der Waals surface area contributed by atoms with Crippen LogP contribution in [0.15, 0.2) is 46.0 Å². The zero-order valence-electron chi connectivity index (χ0n) is 13.3. The van der Waals surface area contributed by atoms with Crippen molar-refractivity contribution in [1.82, 2.24) is 4.90 Å². The molecule has 0 unspecified atom stereocenters. The lowest BCUT2D eigenvalue weighted by Gasteiger charge is -2.28. The van der Waals surface area contributed by atoms with E-state index in [1.165, 1.54) is 11.8 Å². The van der Waals surface area contributed by atoms with Crippen LogP contribution in [-0.4, -0.2) is 25.6 Å². The Morgan fingerprint density at radius 2 is 1.73 bits per heavy atom. The second-order valence-electron chi connectivity index (χ2n) is 5.71. The third-order valence-electron chi connectivity index (χ3n) is 3.92. The molecule has 0 aliphatic carbocycles. The first kappa shape index (κ1) is 17.2. The average Bonchev–Trinajstić information content (AvgIpc) is 2.98. The lowest BCUT2D eigenvalue weighted by atomic mass is 10.1. The molecule has 120 valence electrons. The summed E-state index contributed by atoms with van der Waals surface area (Å²) in [6.07, 6.45) is 2.33. The molecule has 1 aromatic carbocycles. The van der Waals surface area contributed by atoms with Crippen LogP contribution in [0, 0.1) is 0 Å². The molecule has 2 aromatic rings. The van der Waals surface area contributed by atoms with Crippen LogP contribution in [0.5, 0.6) is 0 Å². The Balaban J connectivity index is 2.13. The summed E-state index contributed by atoms with van der Waals surface area (Å²) >= 11 is 1.72. The van der Waals surface area contributed by atoms with Crippen LogP contribution in [0.4, 0.5) is 0 Å². The van der Waals surface area contributed by atoms with Crippen molar-refractivity contribution in [2.45, 2.75) is 44.3 Å². The average molecular weight is 338 g/mol. The topological polar surface area (TPSA) is 37.4 Å². The maximum Gasteiger partial charge on any atom is 0.175 e. The number of hydrogen-bond acceptors (Lipinski definition) is 4. The summed E-state index contributed by atoms with van der Waals surface area (Å²) in [5.74, 6) is 0. The fourth-order valence-electron chi connectivity index (χ4n) is 2.32. The highest BCUT2D eigenvalue weighted by Crippen LogP contribution is 2.18. The highest BCUT2D eigenvalue weighted by Gasteiger charge is 2.14. The molecule has 5 heteroatoms. The molecule has 1 heterocycles. The van der Waals surface area contributed by atoms with Gasteiger partial charge in [0.25, 0.3) is 0 Å². The Kier molecular flexibility index (Phi) is 5.78. The standard InChI is InChI=1S/C17H23NO2S2/c1-4-14(2)18(12-16-9-10-21-13-16)11-15-5-7-17(8-6-15)22(3,19)20/h5-10,13-14H,4,11-12H2,1-3H3/t14-/m0/s1. The molecular formula is C17H23NO2S2. The predicted molar refractivity (Wildman–Crippen MR) is 92.9 cm³/mol. The monoisotopic (exact) mass is 337 g/mol. The van der Waals surface area contributed by atoms with Crippen molar-refractivity contribution in [3.05, 3.63) is 52.2 Å². The summed E-state index contributed by atoms with van der Waals surface area (Å²) in [5, 5.41) is 4.28. The van der Waals surface area contributed by atoms with Crippen molar-refractivity contribution < 1.29 is 8.42 Å². The van der Waals surface area contributed by atoms with Crippen LogP contribution in [-0.2, 0) is 22.9 Å². The van der Waals surface area contributed by atoms with Gasteiger partial charge in [0, 0.05) is 25.4 Å². The van der Waals surface area contributed by atoms with E-state index < -0.39 is 9.84 Å². The van der Waals surface area contributed by atoms with E-state index in [1.54, 1.807) is 23.5 Å². The predicted octanol–water partition coefficient (Wildman–Crippen LogP) is 3.95. The molecule has 0 N–H and O–H groups in total. The van der Waals surface area contributed by atoms with E-state index in [1.807, 2.05) is 12.1 Å². The molecule has 0 fully saturated rings. The fourth-order valence-corrected chi connectivity index (χ4v) is 3.61. The van der Waals surface area contributed by atoms with Crippen molar-refractivity contribution in [1.29, 1.82) is 0 Å². The Labute approximate surface area is 137 Å². The van der Waals surface area contributed by atoms with Crippen LogP contribution in [0.25, 0.3) is 0 Å². The quantitative estimate of drug-likeness (QED) is 0.767. The highest BCUT2D eigenvalue weighted by molar-refractivity contribution is 7.90. The van der Waals surface area contributed by atoms with Crippen LogP contribution in [0.1, 0.15) is 31.4 Å². The Hall–Kier alpha value is -1.17.